The number of aliphatic hydroxyl groups excluding tert-OH is 1. The number of rotatable bonds is 13. The summed E-state index contributed by atoms with van der Waals surface area (Å²) in [6, 6.07) is 8.09. The fraction of sp³-hybridized carbons (Fsp3) is 0.594. The molecule has 1 aromatic rings. The smallest absolute Gasteiger partial charge is 0.248 e. The van der Waals surface area contributed by atoms with E-state index in [1.54, 1.807) is 28.9 Å². The zero-order valence-corrected chi connectivity index (χ0v) is 26.4. The van der Waals surface area contributed by atoms with Gasteiger partial charge in [0.15, 0.2) is 0 Å². The molecule has 1 aromatic carbocycles. The van der Waals surface area contributed by atoms with Crippen molar-refractivity contribution in [3.63, 3.8) is 0 Å². The van der Waals surface area contributed by atoms with Gasteiger partial charge in [0.1, 0.15) is 11.6 Å². The van der Waals surface area contributed by atoms with Crippen LogP contribution in [0.5, 0.6) is 0 Å². The van der Waals surface area contributed by atoms with E-state index in [1.165, 1.54) is 4.90 Å². The van der Waals surface area contributed by atoms with Crippen LogP contribution < -0.4 is 0 Å². The first-order chi connectivity index (χ1) is 20.8. The summed E-state index contributed by atoms with van der Waals surface area (Å²) in [5, 5.41) is 10.2. The maximum absolute atomic E-state index is 14.5. The highest BCUT2D eigenvalue weighted by Gasteiger charge is 2.77. The first-order valence-corrected chi connectivity index (χ1v) is 16.1. The van der Waals surface area contributed by atoms with Crippen molar-refractivity contribution < 1.29 is 29.0 Å². The third-order valence-electron chi connectivity index (χ3n) is 9.31. The van der Waals surface area contributed by atoms with Crippen LogP contribution >= 0.6 is 15.9 Å². The minimum atomic E-state index is -1.19. The van der Waals surface area contributed by atoms with E-state index >= 15 is 0 Å². The average Bonchev–Trinajstić information content (AvgIpc) is 3.62. The van der Waals surface area contributed by atoms with Gasteiger partial charge < -0.3 is 29.3 Å². The van der Waals surface area contributed by atoms with Crippen LogP contribution in [0.3, 0.4) is 0 Å². The SMILES string of the molecule is C=CCN(CCN1CCOCC1)C(=O)C1N([C@H](C)CO)C(=O)[C@@H]2[C@H](C(=O)N(CC=C)Cc3ccccc3)[C@H]3OC12CC3Br. The number of hydrogen-bond donors (Lipinski definition) is 1. The number of nitrogens with zero attached hydrogens (tertiary/aromatic N) is 4. The minimum Gasteiger partial charge on any atom is -0.394 e. The Morgan fingerprint density at radius 1 is 1.14 bits per heavy atom. The second-order valence-corrected chi connectivity index (χ2v) is 13.1. The predicted molar refractivity (Wildman–Crippen MR) is 165 cm³/mol. The number of carbonyl (C=O) groups is 3. The number of fused-ring (bicyclic) bond motifs is 1. The van der Waals surface area contributed by atoms with Crippen LogP contribution in [0.25, 0.3) is 0 Å². The Hall–Kier alpha value is -2.57. The molecule has 1 spiro atoms. The number of aliphatic hydroxyl groups is 1. The Bertz CT molecular complexity index is 1200. The fourth-order valence-electron chi connectivity index (χ4n) is 7.30. The molecule has 10 nitrogen and oxygen atoms in total. The van der Waals surface area contributed by atoms with Crippen molar-refractivity contribution >= 4 is 33.7 Å². The minimum absolute atomic E-state index is 0.196. The topological polar surface area (TPSA) is 103 Å². The zero-order chi connectivity index (χ0) is 30.7. The van der Waals surface area contributed by atoms with Gasteiger partial charge in [-0.25, -0.2) is 0 Å². The molecule has 3 amide bonds. The molecule has 4 heterocycles. The largest absolute Gasteiger partial charge is 0.394 e. The molecule has 11 heteroatoms. The molecule has 4 aliphatic heterocycles. The van der Waals surface area contributed by atoms with Gasteiger partial charge in [0.2, 0.25) is 17.7 Å². The lowest BCUT2D eigenvalue weighted by Crippen LogP contribution is -2.59. The molecular weight excluding hydrogens is 616 g/mol. The lowest BCUT2D eigenvalue weighted by molar-refractivity contribution is -0.151. The van der Waals surface area contributed by atoms with Gasteiger partial charge in [-0.1, -0.05) is 58.4 Å². The monoisotopic (exact) mass is 658 g/mol. The Labute approximate surface area is 262 Å². The summed E-state index contributed by atoms with van der Waals surface area (Å²) in [6.07, 6.45) is 3.22. The van der Waals surface area contributed by atoms with Crippen LogP contribution in [0.2, 0.25) is 0 Å². The summed E-state index contributed by atoms with van der Waals surface area (Å²) in [7, 11) is 0. The number of morpholine rings is 1. The molecule has 4 aliphatic rings. The number of carbonyl (C=O) groups excluding carboxylic acids is 3. The molecule has 0 aliphatic carbocycles. The predicted octanol–water partition coefficient (Wildman–Crippen LogP) is 1.68. The molecule has 3 unspecified atom stereocenters. The van der Waals surface area contributed by atoms with Gasteiger partial charge in [-0.05, 0) is 18.9 Å². The average molecular weight is 660 g/mol. The standard InChI is InChI=1S/C32H43BrN4O6/c1-4-11-35(14-13-34-15-17-42-18-16-34)31(41)28-32-19-24(33)27(43-32)25(26(32)30(40)37(28)22(3)21-38)29(39)36(12-5-2)20-23-9-7-6-8-10-23/h4-10,22,24-28,38H,1-2,11-21H2,3H3/t22-,24?,25+,26+,27+,28?,32?/m1/s1. The number of halogens is 1. The fourth-order valence-corrected chi connectivity index (χ4v) is 8.24. The van der Waals surface area contributed by atoms with Crippen molar-refractivity contribution in [2.24, 2.45) is 11.8 Å². The van der Waals surface area contributed by atoms with Gasteiger partial charge in [-0.15, -0.1) is 13.2 Å². The molecule has 234 valence electrons. The molecule has 0 saturated carbocycles. The summed E-state index contributed by atoms with van der Waals surface area (Å²) >= 11 is 3.76. The summed E-state index contributed by atoms with van der Waals surface area (Å²) in [5.74, 6) is -2.37. The molecule has 0 radical (unpaired) electrons. The highest BCUT2D eigenvalue weighted by atomic mass is 79.9. The second-order valence-electron chi connectivity index (χ2n) is 12.0. The first-order valence-electron chi connectivity index (χ1n) is 15.2. The molecule has 4 saturated heterocycles. The molecular formula is C32H43BrN4O6. The van der Waals surface area contributed by atoms with E-state index in [2.05, 4.69) is 34.0 Å². The van der Waals surface area contributed by atoms with Crippen LogP contribution in [0.1, 0.15) is 18.9 Å². The van der Waals surface area contributed by atoms with E-state index in [0.29, 0.717) is 52.4 Å². The van der Waals surface area contributed by atoms with E-state index in [1.807, 2.05) is 30.3 Å². The third kappa shape index (κ3) is 5.94. The molecule has 5 rings (SSSR count). The quantitative estimate of drug-likeness (QED) is 0.254. The van der Waals surface area contributed by atoms with Crippen molar-refractivity contribution in [2.75, 3.05) is 59.1 Å². The highest BCUT2D eigenvalue weighted by Crippen LogP contribution is 2.60. The number of amides is 3. The van der Waals surface area contributed by atoms with Crippen LogP contribution in [0, 0.1) is 11.8 Å². The van der Waals surface area contributed by atoms with E-state index in [4.69, 9.17) is 9.47 Å². The molecule has 2 bridgehead atoms. The Morgan fingerprint density at radius 2 is 1.81 bits per heavy atom. The Morgan fingerprint density at radius 3 is 2.47 bits per heavy atom. The Balaban J connectivity index is 1.47. The number of hydrogen-bond acceptors (Lipinski definition) is 7. The number of alkyl halides is 1. The van der Waals surface area contributed by atoms with Crippen LogP contribution in [-0.4, -0.2) is 130 Å². The normalized spacial score (nSPS) is 30.6. The van der Waals surface area contributed by atoms with E-state index in [-0.39, 0.29) is 29.2 Å². The summed E-state index contributed by atoms with van der Waals surface area (Å²) in [5.41, 5.74) is -0.226. The van der Waals surface area contributed by atoms with Gasteiger partial charge >= 0.3 is 0 Å². The van der Waals surface area contributed by atoms with Crippen molar-refractivity contribution in [3.05, 3.63) is 61.2 Å². The van der Waals surface area contributed by atoms with Gasteiger partial charge in [-0.3, -0.25) is 19.3 Å². The maximum Gasteiger partial charge on any atom is 0.248 e. The van der Waals surface area contributed by atoms with Crippen molar-refractivity contribution in [1.29, 1.82) is 0 Å². The summed E-state index contributed by atoms with van der Waals surface area (Å²) in [6.45, 7) is 14.1. The summed E-state index contributed by atoms with van der Waals surface area (Å²) in [4.78, 5) is 50.2. The number of ether oxygens (including phenoxy) is 2. The molecule has 7 atom stereocenters. The first kappa shape index (κ1) is 31.8. The van der Waals surface area contributed by atoms with E-state index in [9.17, 15) is 19.5 Å². The van der Waals surface area contributed by atoms with Crippen molar-refractivity contribution in [1.82, 2.24) is 19.6 Å². The van der Waals surface area contributed by atoms with Crippen LogP contribution in [0.4, 0.5) is 0 Å². The van der Waals surface area contributed by atoms with Gasteiger partial charge in [0.25, 0.3) is 0 Å². The van der Waals surface area contributed by atoms with Crippen molar-refractivity contribution in [3.8, 4) is 0 Å². The summed E-state index contributed by atoms with van der Waals surface area (Å²) < 4.78 is 12.2. The Kier molecular flexibility index (Phi) is 10.1. The maximum atomic E-state index is 14.5. The highest BCUT2D eigenvalue weighted by molar-refractivity contribution is 9.09. The molecule has 1 N–H and O–H groups in total. The number of likely N-dealkylation sites (tertiary alicyclic amines) is 1. The molecule has 0 aromatic heterocycles. The van der Waals surface area contributed by atoms with E-state index < -0.39 is 35.6 Å². The molecule has 4 fully saturated rings. The van der Waals surface area contributed by atoms with Gasteiger partial charge in [0.05, 0.1) is 43.8 Å². The second kappa shape index (κ2) is 13.6. The number of benzene rings is 1. The molecule has 43 heavy (non-hydrogen) atoms. The third-order valence-corrected chi connectivity index (χ3v) is 10.2. The van der Waals surface area contributed by atoms with Crippen LogP contribution in [0.15, 0.2) is 55.6 Å². The lowest BCUT2D eigenvalue weighted by atomic mass is 9.70. The van der Waals surface area contributed by atoms with Crippen molar-refractivity contribution in [2.45, 2.75) is 48.5 Å². The zero-order valence-electron chi connectivity index (χ0n) is 24.9. The lowest BCUT2D eigenvalue weighted by Gasteiger charge is -2.39. The van der Waals surface area contributed by atoms with E-state index in [0.717, 1.165) is 18.7 Å². The van der Waals surface area contributed by atoms with Gasteiger partial charge in [0, 0.05) is 50.6 Å². The van der Waals surface area contributed by atoms with Gasteiger partial charge in [-0.2, -0.15) is 0 Å². The van der Waals surface area contributed by atoms with Crippen LogP contribution in [-0.2, 0) is 30.4 Å².